The smallest absolute Gasteiger partial charge is 0.272 e. The maximum absolute atomic E-state index is 13.4. The molecule has 0 aliphatic carbocycles. The molecular weight excluding hydrogens is 345 g/mol. The van der Waals surface area contributed by atoms with Crippen molar-refractivity contribution in [3.05, 3.63) is 62.6 Å². The van der Waals surface area contributed by atoms with Crippen LogP contribution in [0.4, 0.5) is 14.5 Å². The van der Waals surface area contributed by atoms with Crippen LogP contribution in [0.3, 0.4) is 0 Å². The average molecular weight is 352 g/mol. The van der Waals surface area contributed by atoms with Gasteiger partial charge in [-0.2, -0.15) is 0 Å². The second-order valence-corrected chi connectivity index (χ2v) is 5.20. The summed E-state index contributed by atoms with van der Waals surface area (Å²) in [4.78, 5) is 11.8. The minimum atomic E-state index is -0.880. The van der Waals surface area contributed by atoms with Crippen molar-refractivity contribution < 1.29 is 13.6 Å². The van der Waals surface area contributed by atoms with Gasteiger partial charge >= 0.3 is 0 Å². The molecule has 0 saturated carbocycles. The minimum absolute atomic E-state index is 0.160. The molecule has 0 fully saturated rings. The summed E-state index contributed by atoms with van der Waals surface area (Å²) in [6.45, 7) is 0. The number of anilines is 1. The van der Waals surface area contributed by atoms with Crippen molar-refractivity contribution in [3.63, 3.8) is 0 Å². The second kappa shape index (κ2) is 6.47. The summed E-state index contributed by atoms with van der Waals surface area (Å²) in [6.07, 6.45) is 0. The normalized spacial score (nSPS) is 10.3. The number of carbonyl (C=O) groups excluding carboxylic acids is 1. The van der Waals surface area contributed by atoms with E-state index in [0.29, 0.717) is 5.02 Å². The Morgan fingerprint density at radius 2 is 1.62 bits per heavy atom. The van der Waals surface area contributed by atoms with E-state index < -0.39 is 23.1 Å². The molecule has 110 valence electrons. The Kier molecular flexibility index (Phi) is 4.88. The van der Waals surface area contributed by atoms with Crippen LogP contribution in [0.5, 0.6) is 0 Å². The van der Waals surface area contributed by atoms with Gasteiger partial charge in [-0.15, -0.1) is 0 Å². The predicted octanol–water partition coefficient (Wildman–Crippen LogP) is 4.68. The molecule has 0 atom stereocenters. The maximum Gasteiger partial charge on any atom is 0.272 e. The molecule has 8 heteroatoms. The Hall–Kier alpha value is -1.56. The van der Waals surface area contributed by atoms with Gasteiger partial charge in [0.25, 0.3) is 5.91 Å². The highest BCUT2D eigenvalue weighted by atomic mass is 35.5. The Labute approximate surface area is 133 Å². The number of rotatable bonds is 3. The van der Waals surface area contributed by atoms with Crippen LogP contribution in [-0.4, -0.2) is 5.91 Å². The van der Waals surface area contributed by atoms with Crippen molar-refractivity contribution in [2.24, 2.45) is 0 Å². The Balaban J connectivity index is 2.17. The highest BCUT2D eigenvalue weighted by molar-refractivity contribution is 6.41. The zero-order chi connectivity index (χ0) is 15.6. The zero-order valence-corrected chi connectivity index (χ0v) is 12.5. The molecule has 1 amide bonds. The van der Waals surface area contributed by atoms with Crippen LogP contribution in [0.2, 0.25) is 15.1 Å². The van der Waals surface area contributed by atoms with E-state index in [9.17, 15) is 13.6 Å². The monoisotopic (exact) mass is 350 g/mol. The first kappa shape index (κ1) is 15.8. The standard InChI is InChI=1S/C13H7Cl3F2N2O/c14-6-3-9(15)12(10(16)4-6)19-20-13(21)8-5-7(17)1-2-11(8)18/h1-5,19H,(H,20,21). The van der Waals surface area contributed by atoms with Crippen LogP contribution in [0.1, 0.15) is 10.4 Å². The number of carbonyl (C=O) groups is 1. The van der Waals surface area contributed by atoms with Crippen LogP contribution >= 0.6 is 34.8 Å². The van der Waals surface area contributed by atoms with Crippen LogP contribution in [-0.2, 0) is 0 Å². The number of hydrogen-bond acceptors (Lipinski definition) is 2. The SMILES string of the molecule is O=C(NNc1c(Cl)cc(Cl)cc1Cl)c1cc(F)ccc1F. The van der Waals surface area contributed by atoms with Crippen molar-refractivity contribution >= 4 is 46.4 Å². The third-order valence-electron chi connectivity index (χ3n) is 2.48. The van der Waals surface area contributed by atoms with Gasteiger partial charge in [0.1, 0.15) is 11.6 Å². The maximum atomic E-state index is 13.4. The molecule has 0 aliphatic heterocycles. The van der Waals surface area contributed by atoms with E-state index in [0.717, 1.165) is 18.2 Å². The van der Waals surface area contributed by atoms with Gasteiger partial charge in [0.2, 0.25) is 0 Å². The Morgan fingerprint density at radius 1 is 1.00 bits per heavy atom. The fraction of sp³-hybridized carbons (Fsp3) is 0. The molecular formula is C13H7Cl3F2N2O. The lowest BCUT2D eigenvalue weighted by molar-refractivity contribution is 0.0958. The van der Waals surface area contributed by atoms with Crippen molar-refractivity contribution in [2.75, 3.05) is 5.43 Å². The predicted molar refractivity (Wildman–Crippen MR) is 78.9 cm³/mol. The number of amides is 1. The first-order chi connectivity index (χ1) is 9.88. The molecule has 0 bridgehead atoms. The van der Waals surface area contributed by atoms with Gasteiger partial charge in [-0.1, -0.05) is 34.8 Å². The highest BCUT2D eigenvalue weighted by Crippen LogP contribution is 2.33. The summed E-state index contributed by atoms with van der Waals surface area (Å²) < 4.78 is 26.5. The molecule has 0 heterocycles. The molecule has 0 aromatic heterocycles. The number of hydrazine groups is 1. The lowest BCUT2D eigenvalue weighted by Crippen LogP contribution is -2.30. The van der Waals surface area contributed by atoms with Gasteiger partial charge in [0.05, 0.1) is 21.3 Å². The van der Waals surface area contributed by atoms with Gasteiger partial charge in [-0.25, -0.2) is 8.78 Å². The molecule has 0 saturated heterocycles. The molecule has 0 radical (unpaired) electrons. The summed E-state index contributed by atoms with van der Waals surface area (Å²) in [5.41, 5.74) is 4.35. The van der Waals surface area contributed by atoms with Crippen molar-refractivity contribution in [3.8, 4) is 0 Å². The van der Waals surface area contributed by atoms with Gasteiger partial charge < -0.3 is 0 Å². The largest absolute Gasteiger partial charge is 0.295 e. The quantitative estimate of drug-likeness (QED) is 0.788. The molecule has 21 heavy (non-hydrogen) atoms. The van der Waals surface area contributed by atoms with Gasteiger partial charge in [0, 0.05) is 5.02 Å². The number of benzene rings is 2. The summed E-state index contributed by atoms with van der Waals surface area (Å²) in [5, 5.41) is 0.637. The fourth-order valence-corrected chi connectivity index (χ4v) is 2.43. The van der Waals surface area contributed by atoms with Crippen LogP contribution in [0.25, 0.3) is 0 Å². The number of hydrogen-bond donors (Lipinski definition) is 2. The van der Waals surface area contributed by atoms with E-state index in [1.165, 1.54) is 12.1 Å². The molecule has 2 N–H and O–H groups in total. The first-order valence-corrected chi connectivity index (χ1v) is 6.68. The fourth-order valence-electron chi connectivity index (χ4n) is 1.52. The zero-order valence-electron chi connectivity index (χ0n) is 10.2. The molecule has 3 nitrogen and oxygen atoms in total. The third kappa shape index (κ3) is 3.75. The molecule has 0 unspecified atom stereocenters. The summed E-state index contributed by atoms with van der Waals surface area (Å²) in [5.74, 6) is -2.47. The van der Waals surface area contributed by atoms with E-state index >= 15 is 0 Å². The average Bonchev–Trinajstić information content (AvgIpc) is 2.40. The van der Waals surface area contributed by atoms with Crippen molar-refractivity contribution in [2.45, 2.75) is 0 Å². The van der Waals surface area contributed by atoms with Crippen LogP contribution in [0.15, 0.2) is 30.3 Å². The third-order valence-corrected chi connectivity index (χ3v) is 3.30. The van der Waals surface area contributed by atoms with E-state index in [1.807, 2.05) is 0 Å². The molecule has 0 spiro atoms. The van der Waals surface area contributed by atoms with Gasteiger partial charge in [-0.05, 0) is 30.3 Å². The minimum Gasteiger partial charge on any atom is -0.295 e. The second-order valence-electron chi connectivity index (χ2n) is 3.95. The molecule has 2 aromatic rings. The summed E-state index contributed by atoms with van der Waals surface area (Å²) >= 11 is 17.6. The van der Waals surface area contributed by atoms with Gasteiger partial charge in [0.15, 0.2) is 0 Å². The lowest BCUT2D eigenvalue weighted by Gasteiger charge is -2.12. The van der Waals surface area contributed by atoms with Crippen molar-refractivity contribution in [1.82, 2.24) is 5.43 Å². The number of halogens is 5. The molecule has 0 aliphatic rings. The lowest BCUT2D eigenvalue weighted by atomic mass is 10.2. The Morgan fingerprint density at radius 3 is 2.24 bits per heavy atom. The Bertz CT molecular complexity index is 687. The molecule has 2 aromatic carbocycles. The van der Waals surface area contributed by atoms with E-state index in [2.05, 4.69) is 10.9 Å². The van der Waals surface area contributed by atoms with E-state index in [1.54, 1.807) is 0 Å². The van der Waals surface area contributed by atoms with E-state index in [-0.39, 0.29) is 15.7 Å². The molecule has 2 rings (SSSR count). The van der Waals surface area contributed by atoms with Crippen LogP contribution < -0.4 is 10.9 Å². The van der Waals surface area contributed by atoms with Crippen LogP contribution in [0, 0.1) is 11.6 Å². The van der Waals surface area contributed by atoms with E-state index in [4.69, 9.17) is 34.8 Å². The number of nitrogens with one attached hydrogen (secondary N) is 2. The van der Waals surface area contributed by atoms with Crippen molar-refractivity contribution in [1.29, 1.82) is 0 Å². The topological polar surface area (TPSA) is 41.1 Å². The summed E-state index contributed by atoms with van der Waals surface area (Å²) in [6, 6.07) is 5.36. The summed E-state index contributed by atoms with van der Waals surface area (Å²) in [7, 11) is 0. The van der Waals surface area contributed by atoms with Gasteiger partial charge in [-0.3, -0.25) is 15.6 Å². The first-order valence-electron chi connectivity index (χ1n) is 5.54. The highest BCUT2D eigenvalue weighted by Gasteiger charge is 2.14.